The van der Waals surface area contributed by atoms with Crippen LogP contribution in [0.15, 0.2) is 30.3 Å². The van der Waals surface area contributed by atoms with Crippen molar-refractivity contribution in [3.05, 3.63) is 47.0 Å². The molecule has 3 heterocycles. The Morgan fingerprint density at radius 3 is 2.34 bits per heavy atom. The van der Waals surface area contributed by atoms with E-state index in [0.29, 0.717) is 19.1 Å². The third-order valence-corrected chi connectivity index (χ3v) is 6.25. The van der Waals surface area contributed by atoms with Gasteiger partial charge in [-0.25, -0.2) is 0 Å². The summed E-state index contributed by atoms with van der Waals surface area (Å²) in [5, 5.41) is 9.00. The summed E-state index contributed by atoms with van der Waals surface area (Å²) in [7, 11) is 0. The van der Waals surface area contributed by atoms with Gasteiger partial charge in [0.2, 0.25) is 0 Å². The maximum Gasteiger partial charge on any atom is 0.254 e. The first-order valence-electron chi connectivity index (χ1n) is 10.7. The summed E-state index contributed by atoms with van der Waals surface area (Å²) >= 11 is 0. The molecule has 6 nitrogen and oxygen atoms in total. The van der Waals surface area contributed by atoms with Crippen molar-refractivity contribution in [2.75, 3.05) is 42.5 Å². The van der Waals surface area contributed by atoms with Gasteiger partial charge in [0.15, 0.2) is 11.6 Å². The van der Waals surface area contributed by atoms with E-state index in [0.717, 1.165) is 48.0 Å². The van der Waals surface area contributed by atoms with Gasteiger partial charge < -0.3 is 14.7 Å². The van der Waals surface area contributed by atoms with E-state index in [1.807, 2.05) is 30.9 Å². The molecule has 2 aliphatic rings. The van der Waals surface area contributed by atoms with Crippen LogP contribution in [0.5, 0.6) is 0 Å². The summed E-state index contributed by atoms with van der Waals surface area (Å²) in [4.78, 5) is 19.5. The lowest BCUT2D eigenvalue weighted by atomic mass is 10.0. The Balaban J connectivity index is 1.38. The van der Waals surface area contributed by atoms with Crippen LogP contribution >= 0.6 is 0 Å². The molecular formula is C23H31N5O. The van der Waals surface area contributed by atoms with Gasteiger partial charge in [0.25, 0.3) is 5.91 Å². The van der Waals surface area contributed by atoms with Gasteiger partial charge in [-0.2, -0.15) is 0 Å². The number of benzene rings is 1. The summed E-state index contributed by atoms with van der Waals surface area (Å²) in [5.41, 5.74) is 2.98. The molecule has 2 aromatic rings. The second kappa shape index (κ2) is 8.39. The van der Waals surface area contributed by atoms with Crippen molar-refractivity contribution in [3.63, 3.8) is 0 Å². The van der Waals surface area contributed by atoms with Gasteiger partial charge in [-0.15, -0.1) is 10.2 Å². The topological polar surface area (TPSA) is 52.6 Å². The quantitative estimate of drug-likeness (QED) is 0.800. The predicted octanol–water partition coefficient (Wildman–Crippen LogP) is 3.43. The first-order chi connectivity index (χ1) is 14.0. The van der Waals surface area contributed by atoms with Gasteiger partial charge in [-0.05, 0) is 63.8 Å². The molecule has 1 aromatic carbocycles. The van der Waals surface area contributed by atoms with Crippen molar-refractivity contribution in [2.45, 2.75) is 46.1 Å². The summed E-state index contributed by atoms with van der Waals surface area (Å²) < 4.78 is 0. The van der Waals surface area contributed by atoms with Gasteiger partial charge in [-0.1, -0.05) is 17.7 Å². The van der Waals surface area contributed by atoms with Gasteiger partial charge in [-0.3, -0.25) is 4.79 Å². The highest BCUT2D eigenvalue weighted by atomic mass is 16.2. The molecule has 1 amide bonds. The number of aryl methyl sites for hydroxylation is 2. The maximum atomic E-state index is 12.9. The van der Waals surface area contributed by atoms with Crippen LogP contribution < -0.4 is 9.80 Å². The Morgan fingerprint density at radius 1 is 0.931 bits per heavy atom. The number of amides is 1. The molecular weight excluding hydrogens is 362 g/mol. The zero-order chi connectivity index (χ0) is 20.4. The van der Waals surface area contributed by atoms with E-state index in [-0.39, 0.29) is 5.91 Å². The largest absolute Gasteiger partial charge is 0.352 e. The van der Waals surface area contributed by atoms with E-state index in [2.05, 4.69) is 45.1 Å². The standard InChI is InChI=1S/C23H31N5O/c1-17-7-8-18(2)20(16-17)23(29)27-14-12-26(13-15-27)21-9-10-22(25-24-21)28-11-5-4-6-19(28)3/h7-10,16,19H,4-6,11-15H2,1-3H3. The number of carbonyl (C=O) groups is 1. The summed E-state index contributed by atoms with van der Waals surface area (Å²) in [5.74, 6) is 2.01. The number of carbonyl (C=O) groups excluding carboxylic acids is 1. The number of anilines is 2. The average Bonchev–Trinajstić information content (AvgIpc) is 2.76. The van der Waals surface area contributed by atoms with Crippen molar-refractivity contribution in [3.8, 4) is 0 Å². The maximum absolute atomic E-state index is 12.9. The minimum Gasteiger partial charge on any atom is -0.352 e. The van der Waals surface area contributed by atoms with Crippen molar-refractivity contribution in [1.82, 2.24) is 15.1 Å². The third kappa shape index (κ3) is 4.21. The average molecular weight is 394 g/mol. The second-order valence-corrected chi connectivity index (χ2v) is 8.39. The minimum atomic E-state index is 0.131. The molecule has 0 radical (unpaired) electrons. The molecule has 1 unspecified atom stereocenters. The van der Waals surface area contributed by atoms with Gasteiger partial charge in [0.1, 0.15) is 0 Å². The van der Waals surface area contributed by atoms with E-state index in [4.69, 9.17) is 0 Å². The number of piperazine rings is 1. The number of rotatable bonds is 3. The van der Waals surface area contributed by atoms with Gasteiger partial charge >= 0.3 is 0 Å². The lowest BCUT2D eigenvalue weighted by molar-refractivity contribution is 0.0745. The Hall–Kier alpha value is -2.63. The van der Waals surface area contributed by atoms with Gasteiger partial charge in [0.05, 0.1) is 0 Å². The van der Waals surface area contributed by atoms with Crippen molar-refractivity contribution in [2.24, 2.45) is 0 Å². The molecule has 2 fully saturated rings. The Labute approximate surface area is 173 Å². The van der Waals surface area contributed by atoms with Crippen LogP contribution in [0.1, 0.15) is 47.7 Å². The molecule has 1 aromatic heterocycles. The van der Waals surface area contributed by atoms with Crippen molar-refractivity contribution in [1.29, 1.82) is 0 Å². The fourth-order valence-electron chi connectivity index (χ4n) is 4.35. The van der Waals surface area contributed by atoms with E-state index < -0.39 is 0 Å². The molecule has 0 spiro atoms. The molecule has 4 rings (SSSR count). The molecule has 2 saturated heterocycles. The number of aromatic nitrogens is 2. The molecule has 0 aliphatic carbocycles. The van der Waals surface area contributed by atoms with Crippen LogP contribution in [0.3, 0.4) is 0 Å². The fourth-order valence-corrected chi connectivity index (χ4v) is 4.35. The zero-order valence-electron chi connectivity index (χ0n) is 17.8. The summed E-state index contributed by atoms with van der Waals surface area (Å²) in [6.45, 7) is 10.3. The molecule has 0 saturated carbocycles. The fraction of sp³-hybridized carbons (Fsp3) is 0.522. The molecule has 29 heavy (non-hydrogen) atoms. The van der Waals surface area contributed by atoms with Crippen molar-refractivity contribution >= 4 is 17.5 Å². The van der Waals surface area contributed by atoms with Gasteiger partial charge in [0, 0.05) is 44.3 Å². The molecule has 1 atom stereocenters. The van der Waals surface area contributed by atoms with Crippen LogP contribution in [-0.2, 0) is 0 Å². The van der Waals surface area contributed by atoms with E-state index >= 15 is 0 Å². The second-order valence-electron chi connectivity index (χ2n) is 8.39. The Kier molecular flexibility index (Phi) is 5.69. The van der Waals surface area contributed by atoms with Crippen LogP contribution in [0.2, 0.25) is 0 Å². The summed E-state index contributed by atoms with van der Waals surface area (Å²) in [6.07, 6.45) is 3.75. The normalized spacial score (nSPS) is 20.1. The number of nitrogens with zero attached hydrogens (tertiary/aromatic N) is 5. The van der Waals surface area contributed by atoms with Crippen molar-refractivity contribution < 1.29 is 4.79 Å². The van der Waals surface area contributed by atoms with Crippen LogP contribution in [-0.4, -0.2) is 59.8 Å². The highest BCUT2D eigenvalue weighted by molar-refractivity contribution is 5.96. The first kappa shape index (κ1) is 19.7. The highest BCUT2D eigenvalue weighted by Crippen LogP contribution is 2.24. The van der Waals surface area contributed by atoms with Crippen LogP contribution in [0.25, 0.3) is 0 Å². The number of piperidine rings is 1. The molecule has 0 N–H and O–H groups in total. The minimum absolute atomic E-state index is 0.131. The van der Waals surface area contributed by atoms with Crippen LogP contribution in [0.4, 0.5) is 11.6 Å². The number of hydrogen-bond donors (Lipinski definition) is 0. The number of hydrogen-bond acceptors (Lipinski definition) is 5. The monoisotopic (exact) mass is 393 g/mol. The lowest BCUT2D eigenvalue weighted by Crippen LogP contribution is -2.49. The third-order valence-electron chi connectivity index (χ3n) is 6.25. The SMILES string of the molecule is Cc1ccc(C)c(C(=O)N2CCN(c3ccc(N4CCCCC4C)nn3)CC2)c1. The Morgan fingerprint density at radius 2 is 1.66 bits per heavy atom. The summed E-state index contributed by atoms with van der Waals surface area (Å²) in [6, 6.07) is 10.8. The predicted molar refractivity (Wildman–Crippen MR) is 117 cm³/mol. The first-order valence-corrected chi connectivity index (χ1v) is 10.7. The molecule has 0 bridgehead atoms. The zero-order valence-corrected chi connectivity index (χ0v) is 17.8. The molecule has 6 heteroatoms. The smallest absolute Gasteiger partial charge is 0.254 e. The van der Waals surface area contributed by atoms with E-state index in [1.54, 1.807) is 0 Å². The Bertz CT molecular complexity index is 858. The van der Waals surface area contributed by atoms with E-state index in [1.165, 1.54) is 19.3 Å². The van der Waals surface area contributed by atoms with E-state index in [9.17, 15) is 4.79 Å². The van der Waals surface area contributed by atoms with Crippen LogP contribution in [0, 0.1) is 13.8 Å². The lowest BCUT2D eigenvalue weighted by Gasteiger charge is -2.36. The molecule has 2 aliphatic heterocycles. The highest BCUT2D eigenvalue weighted by Gasteiger charge is 2.25. The molecule has 154 valence electrons.